The minimum atomic E-state index is -1.11. The van der Waals surface area contributed by atoms with Crippen LogP contribution in [0, 0.1) is 4.77 Å². The number of tetrazole rings is 1. The molecule has 33 heavy (non-hydrogen) atoms. The van der Waals surface area contributed by atoms with Crippen LogP contribution < -0.4 is 4.74 Å². The van der Waals surface area contributed by atoms with Gasteiger partial charge >= 0.3 is 0 Å². The molecule has 0 radical (unpaired) electrons. The van der Waals surface area contributed by atoms with Crippen molar-refractivity contribution >= 4 is 35.4 Å². The minimum absolute atomic E-state index is 0.287. The van der Waals surface area contributed by atoms with Gasteiger partial charge in [0.1, 0.15) is 24.3 Å². The lowest BCUT2D eigenvalue weighted by atomic mass is 10.0. The van der Waals surface area contributed by atoms with Crippen molar-refractivity contribution < 1.29 is 14.2 Å². The monoisotopic (exact) mass is 504 g/mol. The molecule has 170 valence electrons. The van der Waals surface area contributed by atoms with Gasteiger partial charge in [-0.25, -0.2) is 9.67 Å². The highest BCUT2D eigenvalue weighted by Gasteiger charge is 2.45. The first kappa shape index (κ1) is 22.1. The summed E-state index contributed by atoms with van der Waals surface area (Å²) in [6.45, 7) is 0.613. The maximum atomic E-state index is 6.50. The van der Waals surface area contributed by atoms with Crippen LogP contribution in [-0.4, -0.2) is 49.5 Å². The molecule has 1 aliphatic heterocycles. The predicted octanol–water partition coefficient (Wildman–Crippen LogP) is 4.24. The van der Waals surface area contributed by atoms with Gasteiger partial charge in [-0.05, 0) is 48.6 Å². The summed E-state index contributed by atoms with van der Waals surface area (Å²) in [7, 11) is 0. The number of nitrogens with one attached hydrogen (secondary N) is 2. The van der Waals surface area contributed by atoms with Crippen LogP contribution in [0.2, 0.25) is 10.0 Å². The van der Waals surface area contributed by atoms with Crippen LogP contribution in [0.15, 0.2) is 54.9 Å². The lowest BCUT2D eigenvalue weighted by Crippen LogP contribution is -2.33. The third kappa shape index (κ3) is 4.66. The van der Waals surface area contributed by atoms with Crippen molar-refractivity contribution in [2.75, 3.05) is 13.2 Å². The molecule has 0 amide bonds. The topological polar surface area (TPSA) is 103 Å². The maximum Gasteiger partial charge on any atom is 0.242 e. The summed E-state index contributed by atoms with van der Waals surface area (Å²) in [6, 6.07) is 12.6. The van der Waals surface area contributed by atoms with Gasteiger partial charge in [0.05, 0.1) is 23.7 Å². The van der Waals surface area contributed by atoms with Crippen molar-refractivity contribution in [2.45, 2.75) is 18.3 Å². The second-order valence-corrected chi connectivity index (χ2v) is 8.57. The normalized spacial score (nSPS) is 20.2. The second-order valence-electron chi connectivity index (χ2n) is 7.36. The molecule has 2 aromatic heterocycles. The van der Waals surface area contributed by atoms with E-state index in [-0.39, 0.29) is 12.7 Å². The molecular weight excluding hydrogens is 487 g/mol. The van der Waals surface area contributed by atoms with Gasteiger partial charge in [-0.3, -0.25) is 0 Å². The number of ether oxygens (including phenoxy) is 3. The van der Waals surface area contributed by atoms with Gasteiger partial charge in [0.2, 0.25) is 10.6 Å². The van der Waals surface area contributed by atoms with E-state index in [9.17, 15) is 0 Å². The Morgan fingerprint density at radius 3 is 2.76 bits per heavy atom. The summed E-state index contributed by atoms with van der Waals surface area (Å²) >= 11 is 17.7. The standard InChI is InChI=1S/C21H18Cl2N6O3S/c22-13-1-6-17(18(23)9-13)21(10-19-24-7-8-25-19)31-12-16(32-21)11-30-15-4-2-14(3-5-15)29-20(33)26-27-28-29/h1-9,16H,10-12H2,(H,24,25)(H,26,28,33)/t16-,21-/m1/s1. The average Bonchev–Trinajstić information content (AvgIpc) is 3.55. The zero-order chi connectivity index (χ0) is 22.8. The Balaban J connectivity index is 1.30. The minimum Gasteiger partial charge on any atom is -0.491 e. The fourth-order valence-electron chi connectivity index (χ4n) is 3.64. The van der Waals surface area contributed by atoms with Gasteiger partial charge in [-0.1, -0.05) is 39.6 Å². The molecule has 12 heteroatoms. The third-order valence-electron chi connectivity index (χ3n) is 5.16. The maximum absolute atomic E-state index is 6.50. The number of hydrogen-bond donors (Lipinski definition) is 2. The Labute approximate surface area is 203 Å². The molecule has 3 heterocycles. The molecule has 2 aromatic carbocycles. The van der Waals surface area contributed by atoms with Crippen LogP contribution in [-0.2, 0) is 21.7 Å². The van der Waals surface area contributed by atoms with Crippen LogP contribution in [0.5, 0.6) is 5.75 Å². The quantitative estimate of drug-likeness (QED) is 0.362. The summed E-state index contributed by atoms with van der Waals surface area (Å²) in [4.78, 5) is 7.41. The number of nitrogens with zero attached hydrogens (tertiary/aromatic N) is 4. The van der Waals surface area contributed by atoms with Crippen LogP contribution >= 0.6 is 35.4 Å². The number of halogens is 2. The molecule has 1 saturated heterocycles. The molecule has 1 fully saturated rings. The predicted molar refractivity (Wildman–Crippen MR) is 123 cm³/mol. The zero-order valence-electron chi connectivity index (χ0n) is 17.1. The van der Waals surface area contributed by atoms with Crippen molar-refractivity contribution in [2.24, 2.45) is 0 Å². The van der Waals surface area contributed by atoms with Gasteiger partial charge in [0, 0.05) is 23.0 Å². The highest BCUT2D eigenvalue weighted by Crippen LogP contribution is 2.41. The molecule has 9 nitrogen and oxygen atoms in total. The molecule has 0 aliphatic carbocycles. The summed E-state index contributed by atoms with van der Waals surface area (Å²) < 4.78 is 20.4. The lowest BCUT2D eigenvalue weighted by Gasteiger charge is -2.29. The van der Waals surface area contributed by atoms with E-state index in [0.717, 1.165) is 5.69 Å². The summed E-state index contributed by atoms with van der Waals surface area (Å²) in [6.07, 6.45) is 3.46. The first-order valence-electron chi connectivity index (χ1n) is 10.0. The fraction of sp³-hybridized carbons (Fsp3) is 0.238. The van der Waals surface area contributed by atoms with E-state index in [1.807, 2.05) is 30.3 Å². The Morgan fingerprint density at radius 1 is 1.21 bits per heavy atom. The van der Waals surface area contributed by atoms with Crippen molar-refractivity contribution in [3.05, 3.63) is 81.1 Å². The van der Waals surface area contributed by atoms with E-state index in [4.69, 9.17) is 49.6 Å². The summed E-state index contributed by atoms with van der Waals surface area (Å²) in [5.74, 6) is 0.279. The smallest absolute Gasteiger partial charge is 0.242 e. The van der Waals surface area contributed by atoms with Gasteiger partial charge in [-0.15, -0.1) is 0 Å². The average molecular weight is 505 g/mol. The highest BCUT2D eigenvalue weighted by molar-refractivity contribution is 7.71. The molecule has 0 bridgehead atoms. The van der Waals surface area contributed by atoms with E-state index in [2.05, 4.69) is 25.5 Å². The summed E-state index contributed by atoms with van der Waals surface area (Å²) in [5, 5.41) is 11.2. The molecule has 0 saturated carbocycles. The first-order chi connectivity index (χ1) is 16.0. The van der Waals surface area contributed by atoms with Crippen molar-refractivity contribution in [3.8, 4) is 11.4 Å². The molecular formula is C21H18Cl2N6O3S. The van der Waals surface area contributed by atoms with E-state index < -0.39 is 5.79 Å². The SMILES string of the molecule is S=c1nn[nH]n1-c1ccc(OC[C@@H]2CO[C@@](Cc3ncc[nH]3)(c3ccc(Cl)cc3Cl)O2)cc1. The number of aromatic amines is 2. The van der Waals surface area contributed by atoms with Crippen LogP contribution in [0.4, 0.5) is 0 Å². The van der Waals surface area contributed by atoms with Gasteiger partial charge in [0.25, 0.3) is 0 Å². The Hall–Kier alpha value is -2.76. The van der Waals surface area contributed by atoms with Gasteiger partial charge < -0.3 is 19.2 Å². The molecule has 0 unspecified atom stereocenters. The Bertz CT molecular complexity index is 1290. The molecule has 0 spiro atoms. The molecule has 5 rings (SSSR count). The Morgan fingerprint density at radius 2 is 2.06 bits per heavy atom. The zero-order valence-corrected chi connectivity index (χ0v) is 19.4. The van der Waals surface area contributed by atoms with Crippen LogP contribution in [0.25, 0.3) is 5.69 Å². The van der Waals surface area contributed by atoms with E-state index >= 15 is 0 Å². The van der Waals surface area contributed by atoms with Gasteiger partial charge in [-0.2, -0.15) is 5.21 Å². The largest absolute Gasteiger partial charge is 0.491 e. The fourth-order valence-corrected chi connectivity index (χ4v) is 4.38. The molecule has 4 aromatic rings. The van der Waals surface area contributed by atoms with Crippen LogP contribution in [0.3, 0.4) is 0 Å². The number of rotatable bonds is 7. The first-order valence-corrected chi connectivity index (χ1v) is 11.2. The van der Waals surface area contributed by atoms with Gasteiger partial charge in [0.15, 0.2) is 0 Å². The molecule has 1 aliphatic rings. The van der Waals surface area contributed by atoms with E-state index in [1.165, 1.54) is 0 Å². The van der Waals surface area contributed by atoms with E-state index in [1.54, 1.807) is 29.2 Å². The highest BCUT2D eigenvalue weighted by atomic mass is 35.5. The van der Waals surface area contributed by atoms with Crippen molar-refractivity contribution in [3.63, 3.8) is 0 Å². The second kappa shape index (κ2) is 9.24. The number of imidazole rings is 1. The van der Waals surface area contributed by atoms with Crippen molar-refractivity contribution in [1.82, 2.24) is 30.2 Å². The number of aromatic nitrogens is 6. The summed E-state index contributed by atoms with van der Waals surface area (Å²) in [5.41, 5.74) is 1.48. The van der Waals surface area contributed by atoms with E-state index in [0.29, 0.717) is 45.0 Å². The lowest BCUT2D eigenvalue weighted by molar-refractivity contribution is -0.179. The van der Waals surface area contributed by atoms with Crippen LogP contribution in [0.1, 0.15) is 11.4 Å². The molecule has 2 atom stereocenters. The Kier molecular flexibility index (Phi) is 6.17. The third-order valence-corrected chi connectivity index (χ3v) is 5.97. The molecule has 2 N–H and O–H groups in total. The number of hydrogen-bond acceptors (Lipinski definition) is 7. The number of benzene rings is 2. The van der Waals surface area contributed by atoms with Crippen molar-refractivity contribution in [1.29, 1.82) is 0 Å². The number of H-pyrrole nitrogens is 2.